The summed E-state index contributed by atoms with van der Waals surface area (Å²) < 4.78 is 53.1. The van der Waals surface area contributed by atoms with Gasteiger partial charge in [-0.15, -0.1) is 0 Å². The number of nitrogens with one attached hydrogen (secondary N) is 4. The first-order chi connectivity index (χ1) is 41.9. The summed E-state index contributed by atoms with van der Waals surface area (Å²) in [4.78, 5) is 137. The summed E-state index contributed by atoms with van der Waals surface area (Å²) in [5.41, 5.74) is -5.02. The van der Waals surface area contributed by atoms with Gasteiger partial charge in [0.25, 0.3) is 5.91 Å². The van der Waals surface area contributed by atoms with Gasteiger partial charge in [-0.2, -0.15) is 0 Å². The van der Waals surface area contributed by atoms with E-state index < -0.39 is 162 Å². The summed E-state index contributed by atoms with van der Waals surface area (Å²) in [6.07, 6.45) is -13.5. The average Bonchev–Trinajstić information content (AvgIpc) is 0.676. The first-order valence-electron chi connectivity index (χ1n) is 28.3. The largest absolute Gasteiger partial charge is 0.482 e. The molecule has 2 bridgehead atoms. The molecule has 1 aliphatic heterocycles. The summed E-state index contributed by atoms with van der Waals surface area (Å²) in [6, 6.07) is 18.4. The zero-order valence-corrected chi connectivity index (χ0v) is 52.3. The van der Waals surface area contributed by atoms with Gasteiger partial charge in [0, 0.05) is 49.2 Å². The Morgan fingerprint density at radius 1 is 0.820 bits per heavy atom. The standard InChI is InChI=1S/C61H74N4O22S2/c1-32-40(28-61(78)50(85-53(74)37-19-15-12-16-20-37)48-59(9,41(68)27-42-60(48,31-81-42)86-34(3)67)49(70)46(82-33(2)66)44(32)58(61,7)8)83-54(75)47(45(35-17-13-11-14-18-35)63-55(76)87-57(4,5)6)84-43(69)29-80-38-23-21-36(22-24-38)51(71)64-65-56(77)79-25-26-88-89-30-39(62-10)52(72)73/h11-24,39-42,45-48,50,62,68,78H,25-31H2,1-10H3,(H,63,76)(H,64,71)(H,65,77)(H,72,73)/t39-,40-,41-,42+,45-,46+,47+,48-,50-,59+,60-,61+/m0/s1. The third-order valence-electron chi connectivity index (χ3n) is 16.2. The van der Waals surface area contributed by atoms with Crippen LogP contribution in [0.5, 0.6) is 5.75 Å². The Labute approximate surface area is 520 Å². The molecular weight excluding hydrogens is 1200 g/mol. The maximum absolute atomic E-state index is 15.8. The van der Waals surface area contributed by atoms with Crippen LogP contribution in [0.2, 0.25) is 0 Å². The van der Waals surface area contributed by atoms with Crippen molar-refractivity contribution in [1.29, 1.82) is 0 Å². The molecule has 0 unspecified atom stereocenters. The predicted molar refractivity (Wildman–Crippen MR) is 316 cm³/mol. The second kappa shape index (κ2) is 28.4. The van der Waals surface area contributed by atoms with Gasteiger partial charge in [-0.05, 0) is 94.8 Å². The number of Topliss-reactive ketones (excluding diaryl/α,β-unsaturated/α-hetero) is 1. The van der Waals surface area contributed by atoms with Crippen LogP contribution in [0.4, 0.5) is 9.59 Å². The lowest BCUT2D eigenvalue weighted by molar-refractivity contribution is -0.346. The Hall–Kier alpha value is -7.76. The fraction of sp³-hybridized carbons (Fsp3) is 0.508. The first kappa shape index (κ1) is 68.7. The monoisotopic (exact) mass is 1280 g/mol. The highest BCUT2D eigenvalue weighted by atomic mass is 33.1. The number of rotatable bonds is 22. The van der Waals surface area contributed by atoms with Gasteiger partial charge in [0.2, 0.25) is 6.10 Å². The Morgan fingerprint density at radius 2 is 1.47 bits per heavy atom. The molecular formula is C61H74N4O22S2. The van der Waals surface area contributed by atoms with Gasteiger partial charge in [0.1, 0.15) is 54.0 Å². The van der Waals surface area contributed by atoms with Crippen LogP contribution in [0.3, 0.4) is 0 Å². The van der Waals surface area contributed by atoms with Crippen molar-refractivity contribution in [3.8, 4) is 5.75 Å². The molecule has 4 aliphatic rings. The number of aliphatic hydroxyl groups is 2. The number of carbonyl (C=O) groups excluding carboxylic acids is 9. The highest BCUT2D eigenvalue weighted by Crippen LogP contribution is 2.64. The Morgan fingerprint density at radius 3 is 2.06 bits per heavy atom. The maximum Gasteiger partial charge on any atom is 0.426 e. The molecule has 3 aliphatic carbocycles. The minimum Gasteiger partial charge on any atom is -0.482 e. The molecule has 3 fully saturated rings. The minimum atomic E-state index is -2.55. The molecule has 7 rings (SSSR count). The van der Waals surface area contributed by atoms with E-state index in [1.165, 1.54) is 105 Å². The smallest absolute Gasteiger partial charge is 0.426 e. The molecule has 26 nitrogen and oxygen atoms in total. The summed E-state index contributed by atoms with van der Waals surface area (Å²) in [5, 5.41) is 40.7. The number of alkyl carbamates (subject to hydrolysis) is 1. The summed E-state index contributed by atoms with van der Waals surface area (Å²) >= 11 is 0. The summed E-state index contributed by atoms with van der Waals surface area (Å²) in [5.74, 6) is -9.15. The van der Waals surface area contributed by atoms with Gasteiger partial charge in [-0.3, -0.25) is 29.4 Å². The second-order valence-electron chi connectivity index (χ2n) is 23.4. The van der Waals surface area contributed by atoms with Crippen molar-refractivity contribution in [3.05, 3.63) is 113 Å². The van der Waals surface area contributed by atoms with Crippen LogP contribution in [0.15, 0.2) is 96.1 Å². The molecule has 0 spiro atoms. The summed E-state index contributed by atoms with van der Waals surface area (Å²) in [6.45, 7) is 11.4. The van der Waals surface area contributed by atoms with E-state index in [1.54, 1.807) is 57.2 Å². The molecule has 7 N–H and O–H groups in total. The van der Waals surface area contributed by atoms with Gasteiger partial charge in [-0.1, -0.05) is 84.0 Å². The molecule has 482 valence electrons. The number of carboxylic acid groups (broad SMARTS) is 1. The number of aliphatic carboxylic acids is 1. The van der Waals surface area contributed by atoms with E-state index in [0.717, 1.165) is 13.8 Å². The topological polar surface area (TPSA) is 363 Å². The van der Waals surface area contributed by atoms with Crippen LogP contribution in [-0.2, 0) is 66.7 Å². The molecule has 0 aromatic heterocycles. The zero-order chi connectivity index (χ0) is 65.4. The van der Waals surface area contributed by atoms with E-state index in [0.29, 0.717) is 5.75 Å². The third kappa shape index (κ3) is 15.3. The summed E-state index contributed by atoms with van der Waals surface area (Å²) in [7, 11) is 4.09. The Balaban J connectivity index is 1.20. The van der Waals surface area contributed by atoms with Crippen molar-refractivity contribution >= 4 is 81.3 Å². The van der Waals surface area contributed by atoms with Gasteiger partial charge in [-0.25, -0.2) is 29.4 Å². The number of carbonyl (C=O) groups is 10. The van der Waals surface area contributed by atoms with Crippen molar-refractivity contribution in [2.45, 2.75) is 141 Å². The van der Waals surface area contributed by atoms with Crippen LogP contribution < -0.4 is 26.2 Å². The third-order valence-corrected chi connectivity index (χ3v) is 18.6. The maximum atomic E-state index is 15.8. The molecule has 3 aromatic carbocycles. The fourth-order valence-electron chi connectivity index (χ4n) is 11.8. The van der Waals surface area contributed by atoms with E-state index in [1.807, 2.05) is 0 Å². The molecule has 3 aromatic rings. The minimum absolute atomic E-state index is 0.00143. The molecule has 1 saturated heterocycles. The van der Waals surface area contributed by atoms with Gasteiger partial charge >= 0.3 is 48.0 Å². The van der Waals surface area contributed by atoms with E-state index in [-0.39, 0.29) is 52.4 Å². The van der Waals surface area contributed by atoms with Gasteiger partial charge in [0.05, 0.1) is 29.6 Å². The number of carboxylic acids is 1. The number of aliphatic hydroxyl groups excluding tert-OH is 1. The normalized spacial score (nSPS) is 26.0. The van der Waals surface area contributed by atoms with E-state index in [4.69, 9.17) is 47.7 Å². The number of benzene rings is 3. The van der Waals surface area contributed by atoms with Crippen molar-refractivity contribution < 1.29 is 106 Å². The number of amides is 3. The van der Waals surface area contributed by atoms with Crippen LogP contribution in [0.25, 0.3) is 0 Å². The van der Waals surface area contributed by atoms with Crippen LogP contribution >= 0.6 is 21.6 Å². The second-order valence-corrected chi connectivity index (χ2v) is 26.1. The number of esters is 5. The number of hydrogen-bond acceptors (Lipinski definition) is 24. The van der Waals surface area contributed by atoms with Crippen LogP contribution in [-0.4, -0.2) is 173 Å². The molecule has 1 heterocycles. The molecule has 2 saturated carbocycles. The van der Waals surface area contributed by atoms with E-state index >= 15 is 9.59 Å². The number of hydrogen-bond donors (Lipinski definition) is 7. The van der Waals surface area contributed by atoms with Crippen molar-refractivity contribution in [2.75, 3.05) is 38.4 Å². The van der Waals surface area contributed by atoms with E-state index in [9.17, 15) is 48.6 Å². The Kier molecular flexibility index (Phi) is 21.9. The van der Waals surface area contributed by atoms with Gasteiger partial charge < -0.3 is 68.6 Å². The lowest BCUT2D eigenvalue weighted by Crippen LogP contribution is -2.82. The highest BCUT2D eigenvalue weighted by Gasteiger charge is 2.78. The number of ether oxygens (including phenoxy) is 9. The lowest BCUT2D eigenvalue weighted by Gasteiger charge is -2.67. The van der Waals surface area contributed by atoms with Crippen molar-refractivity contribution in [3.63, 3.8) is 0 Å². The fourth-order valence-corrected chi connectivity index (χ4v) is 13.8. The zero-order valence-electron chi connectivity index (χ0n) is 50.6. The van der Waals surface area contributed by atoms with Crippen molar-refractivity contribution in [2.24, 2.45) is 16.7 Å². The lowest BCUT2D eigenvalue weighted by atomic mass is 9.44. The first-order valence-corrected chi connectivity index (χ1v) is 30.8. The van der Waals surface area contributed by atoms with E-state index in [2.05, 4.69) is 21.5 Å². The molecule has 89 heavy (non-hydrogen) atoms. The van der Waals surface area contributed by atoms with Crippen LogP contribution in [0.1, 0.15) is 107 Å². The number of likely N-dealkylation sites (N-methyl/N-ethyl adjacent to an activating group) is 1. The average molecular weight is 1280 g/mol. The number of ketones is 1. The van der Waals surface area contributed by atoms with Crippen molar-refractivity contribution in [1.82, 2.24) is 21.5 Å². The Bertz CT molecular complexity index is 3180. The highest BCUT2D eigenvalue weighted by molar-refractivity contribution is 8.76. The molecule has 28 heteroatoms. The van der Waals surface area contributed by atoms with Gasteiger partial charge in [0.15, 0.2) is 24.1 Å². The number of hydrazine groups is 1. The molecule has 0 radical (unpaired) electrons. The number of fused-ring (bicyclic) bond motifs is 5. The predicted octanol–water partition coefficient (Wildman–Crippen LogP) is 4.89. The quantitative estimate of drug-likeness (QED) is 0.0176. The molecule has 3 amide bonds. The van der Waals surface area contributed by atoms with Crippen LogP contribution in [0, 0.1) is 16.7 Å². The molecule has 12 atom stereocenters. The SMILES string of the molecule is CN[C@@H](CSSCCOC(=O)NNC(=O)c1ccc(OCC(=O)O[C@@H](C(=O)O[C@H]2C[C@@]3(O)[C@@H](OC(=O)c4ccccc4)[C@@H]4[C@]5(OC(C)=O)CO[C@@H]5C[C@H](O)[C@@]4(C)C(=O)[C@H](OC(C)=O)C(=C2C)C3(C)C)[C@@H](NC(=O)OC(C)(C)C)c2ccccc2)cc1)C(=O)O.